The molecule has 0 spiro atoms. The molecule has 150 valence electrons. The van der Waals surface area contributed by atoms with Crippen molar-refractivity contribution in [2.45, 2.75) is 62.3 Å². The monoisotopic (exact) mass is 372 g/mol. The van der Waals surface area contributed by atoms with Crippen molar-refractivity contribution in [3.63, 3.8) is 0 Å². The van der Waals surface area contributed by atoms with Crippen LogP contribution in [0.25, 0.3) is 0 Å². The van der Waals surface area contributed by atoms with E-state index in [1.807, 2.05) is 80.5 Å². The molecule has 0 unspecified atom stereocenters. The quantitative estimate of drug-likeness (QED) is 0.523. The van der Waals surface area contributed by atoms with Crippen molar-refractivity contribution in [3.05, 3.63) is 72.6 Å². The van der Waals surface area contributed by atoms with Gasteiger partial charge in [-0.2, -0.15) is 10.2 Å². The Hall–Kier alpha value is -2.76. The third-order valence-electron chi connectivity index (χ3n) is 2.13. The van der Waals surface area contributed by atoms with E-state index in [2.05, 4.69) is 30.1 Å². The number of hydrogen-bond acceptors (Lipinski definition) is 6. The average Bonchev–Trinajstić information content (AvgIpc) is 2.75. The minimum Gasteiger partial charge on any atom is -0.261 e. The van der Waals surface area contributed by atoms with Crippen LogP contribution >= 0.6 is 0 Å². The molecule has 0 amide bonds. The molecule has 0 saturated carbocycles. The molecule has 6 nitrogen and oxygen atoms in total. The molecular formula is C21H36N6. The molecular weight excluding hydrogens is 336 g/mol. The Balaban J connectivity index is -0.000000281. The van der Waals surface area contributed by atoms with E-state index in [-0.39, 0.29) is 0 Å². The Bertz CT molecular complexity index is 500. The molecule has 0 atom stereocenters. The summed E-state index contributed by atoms with van der Waals surface area (Å²) in [6.07, 6.45) is 9.98. The first-order chi connectivity index (χ1) is 13.2. The van der Waals surface area contributed by atoms with E-state index in [4.69, 9.17) is 0 Å². The minimum absolute atomic E-state index is 0.961. The highest BCUT2D eigenvalue weighted by atomic mass is 15.1. The van der Waals surface area contributed by atoms with Crippen LogP contribution in [0.4, 0.5) is 0 Å². The van der Waals surface area contributed by atoms with Gasteiger partial charge >= 0.3 is 0 Å². The number of rotatable bonds is 0. The van der Waals surface area contributed by atoms with Crippen LogP contribution < -0.4 is 0 Å². The highest BCUT2D eigenvalue weighted by molar-refractivity contribution is 4.94. The van der Waals surface area contributed by atoms with E-state index >= 15 is 0 Å². The molecule has 3 rings (SSSR count). The number of aryl methyl sites for hydroxylation is 3. The van der Waals surface area contributed by atoms with E-state index < -0.39 is 0 Å². The second-order valence-electron chi connectivity index (χ2n) is 4.06. The van der Waals surface area contributed by atoms with E-state index in [0.29, 0.717) is 0 Å². The molecule has 0 radical (unpaired) electrons. The van der Waals surface area contributed by atoms with E-state index in [0.717, 1.165) is 17.1 Å². The first kappa shape index (κ1) is 29.0. The number of aromatic nitrogens is 6. The first-order valence-corrected chi connectivity index (χ1v) is 9.38. The van der Waals surface area contributed by atoms with E-state index in [9.17, 15) is 0 Å². The standard InChI is InChI=1S/3C5H6N2.3C2H6/c1-5-4-6-2-3-7-5;1-5-2-3-6-4-7-5;1-5-3-2-4-6-7-5;3*1-2/h3*2-4H,1H3;3*1-2H3. The van der Waals surface area contributed by atoms with Crippen LogP contribution in [0.3, 0.4) is 0 Å². The van der Waals surface area contributed by atoms with Crippen LogP contribution in [-0.2, 0) is 0 Å². The van der Waals surface area contributed by atoms with Gasteiger partial charge in [-0.25, -0.2) is 9.97 Å². The van der Waals surface area contributed by atoms with Gasteiger partial charge in [-0.3, -0.25) is 9.97 Å². The van der Waals surface area contributed by atoms with Crippen LogP contribution in [0.5, 0.6) is 0 Å². The summed E-state index contributed by atoms with van der Waals surface area (Å²) in [7, 11) is 0. The molecule has 6 heteroatoms. The van der Waals surface area contributed by atoms with Gasteiger partial charge < -0.3 is 0 Å². The number of hydrogen-bond donors (Lipinski definition) is 0. The van der Waals surface area contributed by atoms with E-state index in [1.54, 1.807) is 31.0 Å². The van der Waals surface area contributed by atoms with Crippen molar-refractivity contribution in [3.8, 4) is 0 Å². The maximum atomic E-state index is 3.92. The zero-order valence-electron chi connectivity index (χ0n) is 18.4. The molecule has 0 aliphatic carbocycles. The van der Waals surface area contributed by atoms with Gasteiger partial charge in [-0.1, -0.05) is 41.5 Å². The summed E-state index contributed by atoms with van der Waals surface area (Å²) in [6, 6.07) is 5.63. The van der Waals surface area contributed by atoms with Crippen molar-refractivity contribution >= 4 is 0 Å². The fourth-order valence-electron chi connectivity index (χ4n) is 1.11. The lowest BCUT2D eigenvalue weighted by atomic mass is 10.4. The maximum absolute atomic E-state index is 3.92. The lowest BCUT2D eigenvalue weighted by Gasteiger charge is -1.81. The lowest BCUT2D eigenvalue weighted by Crippen LogP contribution is -1.79. The molecule has 0 fully saturated rings. The van der Waals surface area contributed by atoms with Crippen LogP contribution in [0, 0.1) is 20.8 Å². The summed E-state index contributed by atoms with van der Waals surface area (Å²) in [4.78, 5) is 15.3. The lowest BCUT2D eigenvalue weighted by molar-refractivity contribution is 0.980. The predicted octanol–water partition coefficient (Wildman–Crippen LogP) is 5.43. The summed E-state index contributed by atoms with van der Waals surface area (Å²) in [5, 5.41) is 7.36. The normalized spacial score (nSPS) is 7.44. The second kappa shape index (κ2) is 25.5. The minimum atomic E-state index is 0.961. The first-order valence-electron chi connectivity index (χ1n) is 9.38. The van der Waals surface area contributed by atoms with Gasteiger partial charge in [-0.05, 0) is 39.0 Å². The Morgan fingerprint density at radius 2 is 1.26 bits per heavy atom. The molecule has 3 aromatic rings. The molecule has 3 heterocycles. The van der Waals surface area contributed by atoms with Crippen molar-refractivity contribution in [2.24, 2.45) is 0 Å². The molecule has 0 aliphatic heterocycles. The fourth-order valence-corrected chi connectivity index (χ4v) is 1.11. The third-order valence-corrected chi connectivity index (χ3v) is 2.13. The summed E-state index contributed by atoms with van der Waals surface area (Å²) in [5.41, 5.74) is 2.93. The summed E-state index contributed by atoms with van der Waals surface area (Å²) >= 11 is 0. The Labute approximate surface area is 165 Å². The van der Waals surface area contributed by atoms with Crippen LogP contribution in [-0.4, -0.2) is 30.1 Å². The van der Waals surface area contributed by atoms with Gasteiger partial charge in [0.15, 0.2) is 0 Å². The van der Waals surface area contributed by atoms with Crippen LogP contribution in [0.2, 0.25) is 0 Å². The highest BCUT2D eigenvalue weighted by Gasteiger charge is 1.75. The molecule has 0 saturated heterocycles. The molecule has 0 bridgehead atoms. The summed E-state index contributed by atoms with van der Waals surface area (Å²) < 4.78 is 0. The highest BCUT2D eigenvalue weighted by Crippen LogP contribution is 1.83. The second-order valence-corrected chi connectivity index (χ2v) is 4.06. The van der Waals surface area contributed by atoms with Crippen molar-refractivity contribution in [1.82, 2.24) is 30.1 Å². The number of nitrogens with zero attached hydrogens (tertiary/aromatic N) is 6. The van der Waals surface area contributed by atoms with Crippen LogP contribution in [0.15, 0.2) is 55.5 Å². The smallest absolute Gasteiger partial charge is 0.115 e. The average molecular weight is 373 g/mol. The van der Waals surface area contributed by atoms with Crippen molar-refractivity contribution in [1.29, 1.82) is 0 Å². The van der Waals surface area contributed by atoms with Gasteiger partial charge in [0.05, 0.1) is 11.4 Å². The molecule has 0 aliphatic rings. The van der Waals surface area contributed by atoms with Crippen molar-refractivity contribution < 1.29 is 0 Å². The maximum Gasteiger partial charge on any atom is 0.115 e. The molecule has 27 heavy (non-hydrogen) atoms. The zero-order valence-corrected chi connectivity index (χ0v) is 18.4. The topological polar surface area (TPSA) is 77.3 Å². The third kappa shape index (κ3) is 23.2. The molecule has 0 N–H and O–H groups in total. The fraction of sp³-hybridized carbons (Fsp3) is 0.429. The van der Waals surface area contributed by atoms with Gasteiger partial charge in [0, 0.05) is 36.7 Å². The predicted molar refractivity (Wildman–Crippen MR) is 114 cm³/mol. The molecule has 0 aromatic carbocycles. The van der Waals surface area contributed by atoms with Crippen LogP contribution in [0.1, 0.15) is 58.6 Å². The van der Waals surface area contributed by atoms with Gasteiger partial charge in [0.2, 0.25) is 0 Å². The zero-order chi connectivity index (χ0) is 21.3. The Kier molecular flexibility index (Phi) is 27.4. The summed E-state index contributed by atoms with van der Waals surface area (Å²) in [5.74, 6) is 0. The van der Waals surface area contributed by atoms with Gasteiger partial charge in [-0.15, -0.1) is 0 Å². The Morgan fingerprint density at radius 1 is 0.593 bits per heavy atom. The molecule has 3 aromatic heterocycles. The van der Waals surface area contributed by atoms with Gasteiger partial charge in [0.25, 0.3) is 0 Å². The summed E-state index contributed by atoms with van der Waals surface area (Å²) in [6.45, 7) is 17.8. The SMILES string of the molecule is CC.CC.CC.Cc1cccnn1.Cc1ccncn1.Cc1cnccn1. The largest absolute Gasteiger partial charge is 0.261 e. The van der Waals surface area contributed by atoms with Gasteiger partial charge in [0.1, 0.15) is 6.33 Å². The Morgan fingerprint density at radius 3 is 1.48 bits per heavy atom. The van der Waals surface area contributed by atoms with Crippen molar-refractivity contribution in [2.75, 3.05) is 0 Å². The van der Waals surface area contributed by atoms with E-state index in [1.165, 1.54) is 6.33 Å².